The first-order valence-corrected chi connectivity index (χ1v) is 8.71. The van der Waals surface area contributed by atoms with Crippen molar-refractivity contribution < 1.29 is 9.59 Å². The Morgan fingerprint density at radius 1 is 1.17 bits per heavy atom. The molecule has 1 unspecified atom stereocenters. The quantitative estimate of drug-likeness (QED) is 0.872. The lowest BCUT2D eigenvalue weighted by atomic mass is 10.1. The predicted octanol–water partition coefficient (Wildman–Crippen LogP) is 2.06. The third-order valence-corrected chi connectivity index (χ3v) is 5.06. The molecule has 6 heteroatoms. The van der Waals surface area contributed by atoms with E-state index in [0.29, 0.717) is 17.3 Å². The second kappa shape index (κ2) is 7.21. The fourth-order valence-corrected chi connectivity index (χ4v) is 3.63. The van der Waals surface area contributed by atoms with Crippen molar-refractivity contribution in [1.82, 2.24) is 15.1 Å². The van der Waals surface area contributed by atoms with E-state index in [0.717, 1.165) is 38.2 Å². The molecule has 2 aliphatic rings. The van der Waals surface area contributed by atoms with Crippen molar-refractivity contribution >= 4 is 17.6 Å². The van der Waals surface area contributed by atoms with Crippen LogP contribution in [0.25, 0.3) is 0 Å². The number of amides is 3. The molecule has 0 aromatic heterocycles. The SMILES string of the molecule is CNC(=O)c1ccc(C)c(NC(=O)N2CCCN3CCCC3C2)c1. The maximum Gasteiger partial charge on any atom is 0.321 e. The Morgan fingerprint density at radius 2 is 1.96 bits per heavy atom. The molecular formula is C18H26N4O2. The number of anilines is 1. The van der Waals surface area contributed by atoms with Crippen molar-refractivity contribution in [3.8, 4) is 0 Å². The molecule has 130 valence electrons. The number of hydrogen-bond donors (Lipinski definition) is 2. The summed E-state index contributed by atoms with van der Waals surface area (Å²) in [6, 6.07) is 5.80. The molecule has 24 heavy (non-hydrogen) atoms. The average molecular weight is 330 g/mol. The molecule has 1 aromatic rings. The largest absolute Gasteiger partial charge is 0.355 e. The zero-order chi connectivity index (χ0) is 17.1. The van der Waals surface area contributed by atoms with Crippen LogP contribution in [0.5, 0.6) is 0 Å². The molecule has 2 heterocycles. The van der Waals surface area contributed by atoms with Gasteiger partial charge < -0.3 is 15.5 Å². The molecule has 0 bridgehead atoms. The Balaban J connectivity index is 1.71. The molecule has 2 N–H and O–H groups in total. The van der Waals surface area contributed by atoms with E-state index in [1.165, 1.54) is 12.8 Å². The predicted molar refractivity (Wildman–Crippen MR) is 94.4 cm³/mol. The number of hydrogen-bond acceptors (Lipinski definition) is 3. The first-order chi connectivity index (χ1) is 11.6. The van der Waals surface area contributed by atoms with E-state index in [-0.39, 0.29) is 11.9 Å². The molecule has 0 radical (unpaired) electrons. The number of nitrogens with zero attached hydrogens (tertiary/aromatic N) is 2. The van der Waals surface area contributed by atoms with Crippen molar-refractivity contribution in [3.05, 3.63) is 29.3 Å². The van der Waals surface area contributed by atoms with Crippen molar-refractivity contribution in [1.29, 1.82) is 0 Å². The van der Waals surface area contributed by atoms with Crippen LogP contribution in [0.4, 0.5) is 10.5 Å². The van der Waals surface area contributed by atoms with Gasteiger partial charge in [-0.2, -0.15) is 0 Å². The zero-order valence-corrected chi connectivity index (χ0v) is 14.5. The Bertz CT molecular complexity index is 631. The molecule has 2 saturated heterocycles. The Morgan fingerprint density at radius 3 is 2.75 bits per heavy atom. The highest BCUT2D eigenvalue weighted by Crippen LogP contribution is 2.23. The molecule has 2 aliphatic heterocycles. The molecule has 0 saturated carbocycles. The van der Waals surface area contributed by atoms with Gasteiger partial charge in [-0.1, -0.05) is 6.07 Å². The zero-order valence-electron chi connectivity index (χ0n) is 14.5. The number of urea groups is 1. The fraction of sp³-hybridized carbons (Fsp3) is 0.556. The molecule has 1 atom stereocenters. The lowest BCUT2D eigenvalue weighted by Crippen LogP contribution is -2.41. The number of carbonyl (C=O) groups excluding carboxylic acids is 2. The minimum atomic E-state index is -0.151. The monoisotopic (exact) mass is 330 g/mol. The van der Waals surface area contributed by atoms with Crippen molar-refractivity contribution in [2.75, 3.05) is 38.5 Å². The fourth-order valence-electron chi connectivity index (χ4n) is 3.63. The van der Waals surface area contributed by atoms with Crippen molar-refractivity contribution in [2.24, 2.45) is 0 Å². The summed E-state index contributed by atoms with van der Waals surface area (Å²) in [5.41, 5.74) is 2.21. The highest BCUT2D eigenvalue weighted by atomic mass is 16.2. The van der Waals surface area contributed by atoms with E-state index in [4.69, 9.17) is 0 Å². The van der Waals surface area contributed by atoms with Crippen molar-refractivity contribution in [2.45, 2.75) is 32.2 Å². The van der Waals surface area contributed by atoms with E-state index >= 15 is 0 Å². The van der Waals surface area contributed by atoms with Gasteiger partial charge in [0, 0.05) is 44.0 Å². The van der Waals surface area contributed by atoms with Crippen LogP contribution >= 0.6 is 0 Å². The summed E-state index contributed by atoms with van der Waals surface area (Å²) in [7, 11) is 1.60. The van der Waals surface area contributed by atoms with Gasteiger partial charge in [-0.15, -0.1) is 0 Å². The molecular weight excluding hydrogens is 304 g/mol. The topological polar surface area (TPSA) is 64.7 Å². The van der Waals surface area contributed by atoms with Gasteiger partial charge in [-0.25, -0.2) is 4.79 Å². The Kier molecular flexibility index (Phi) is 5.04. The van der Waals surface area contributed by atoms with Gasteiger partial charge >= 0.3 is 6.03 Å². The van der Waals surface area contributed by atoms with Crippen LogP contribution in [0.3, 0.4) is 0 Å². The molecule has 0 aliphatic carbocycles. The maximum atomic E-state index is 12.7. The highest BCUT2D eigenvalue weighted by molar-refractivity contribution is 5.97. The number of carbonyl (C=O) groups is 2. The number of benzene rings is 1. The van der Waals surface area contributed by atoms with Crippen LogP contribution in [-0.4, -0.2) is 61.0 Å². The standard InChI is InChI=1S/C18H26N4O2/c1-13-6-7-14(17(23)19-2)11-16(13)20-18(24)22-10-4-9-21-8-3-5-15(21)12-22/h6-7,11,15H,3-5,8-10,12H2,1-2H3,(H,19,23)(H,20,24). The number of rotatable bonds is 2. The summed E-state index contributed by atoms with van der Waals surface area (Å²) >= 11 is 0. The molecule has 6 nitrogen and oxygen atoms in total. The second-order valence-corrected chi connectivity index (χ2v) is 6.67. The summed E-state index contributed by atoms with van der Waals surface area (Å²) in [4.78, 5) is 28.9. The van der Waals surface area contributed by atoms with Gasteiger partial charge in [0.1, 0.15) is 0 Å². The molecule has 2 fully saturated rings. The number of nitrogens with one attached hydrogen (secondary N) is 2. The van der Waals surface area contributed by atoms with Gasteiger partial charge in [0.15, 0.2) is 0 Å². The molecule has 0 spiro atoms. The van der Waals surface area contributed by atoms with Crippen LogP contribution in [0.15, 0.2) is 18.2 Å². The van der Waals surface area contributed by atoms with Crippen LogP contribution < -0.4 is 10.6 Å². The summed E-state index contributed by atoms with van der Waals surface area (Å²) < 4.78 is 0. The van der Waals surface area contributed by atoms with Gasteiger partial charge in [0.05, 0.1) is 0 Å². The lowest BCUT2D eigenvalue weighted by Gasteiger charge is -2.26. The van der Waals surface area contributed by atoms with E-state index in [1.54, 1.807) is 19.2 Å². The van der Waals surface area contributed by atoms with Crippen LogP contribution in [-0.2, 0) is 0 Å². The summed E-state index contributed by atoms with van der Waals surface area (Å²) in [5.74, 6) is -0.151. The Labute approximate surface area is 143 Å². The smallest absolute Gasteiger partial charge is 0.321 e. The second-order valence-electron chi connectivity index (χ2n) is 6.67. The summed E-state index contributed by atoms with van der Waals surface area (Å²) in [5, 5.41) is 5.61. The van der Waals surface area contributed by atoms with E-state index in [2.05, 4.69) is 15.5 Å². The van der Waals surface area contributed by atoms with Gasteiger partial charge in [0.2, 0.25) is 0 Å². The van der Waals surface area contributed by atoms with Crippen LogP contribution in [0, 0.1) is 6.92 Å². The minimum absolute atomic E-state index is 0.0686. The first-order valence-electron chi connectivity index (χ1n) is 8.71. The summed E-state index contributed by atoms with van der Waals surface area (Å²) in [6.07, 6.45) is 3.42. The number of aryl methyl sites for hydroxylation is 1. The van der Waals surface area contributed by atoms with E-state index < -0.39 is 0 Å². The average Bonchev–Trinajstić information content (AvgIpc) is 2.92. The van der Waals surface area contributed by atoms with Gasteiger partial charge in [0.25, 0.3) is 5.91 Å². The van der Waals surface area contributed by atoms with Crippen LogP contribution in [0.1, 0.15) is 35.2 Å². The van der Waals surface area contributed by atoms with Crippen molar-refractivity contribution in [3.63, 3.8) is 0 Å². The normalized spacial score (nSPS) is 21.1. The third-order valence-electron chi connectivity index (χ3n) is 5.06. The summed E-state index contributed by atoms with van der Waals surface area (Å²) in [6.45, 7) is 5.75. The van der Waals surface area contributed by atoms with Gasteiger partial charge in [-0.05, 0) is 50.4 Å². The first kappa shape index (κ1) is 16.8. The van der Waals surface area contributed by atoms with E-state index in [9.17, 15) is 9.59 Å². The minimum Gasteiger partial charge on any atom is -0.355 e. The molecule has 1 aromatic carbocycles. The van der Waals surface area contributed by atoms with Crippen LogP contribution in [0.2, 0.25) is 0 Å². The maximum absolute atomic E-state index is 12.7. The highest BCUT2D eigenvalue weighted by Gasteiger charge is 2.30. The molecule has 3 amide bonds. The molecule has 3 rings (SSSR count). The third kappa shape index (κ3) is 3.53. The lowest BCUT2D eigenvalue weighted by molar-refractivity contribution is 0.0963. The number of fused-ring (bicyclic) bond motifs is 1. The van der Waals surface area contributed by atoms with Gasteiger partial charge in [-0.3, -0.25) is 9.69 Å². The Hall–Kier alpha value is -2.08. The van der Waals surface area contributed by atoms with E-state index in [1.807, 2.05) is 17.9 Å².